The number of rotatable bonds is 3. The average Bonchev–Trinajstić information content (AvgIpc) is 2.00. The Hall–Kier alpha value is -1.32. The smallest absolute Gasteiger partial charge is 0.336 e. The maximum Gasteiger partial charge on any atom is 0.336 e. The van der Waals surface area contributed by atoms with Crippen molar-refractivity contribution in [3.63, 3.8) is 0 Å². The fraction of sp³-hybridized carbons (Fsp3) is 0.500. The third-order valence-corrected chi connectivity index (χ3v) is 1.28. The molecule has 0 bridgehead atoms. The molecule has 0 saturated heterocycles. The molecular weight excluding hydrogens is 160 g/mol. The van der Waals surface area contributed by atoms with Gasteiger partial charge in [-0.1, -0.05) is 6.58 Å². The van der Waals surface area contributed by atoms with Gasteiger partial charge in [0.05, 0.1) is 12.7 Å². The van der Waals surface area contributed by atoms with E-state index >= 15 is 0 Å². The van der Waals surface area contributed by atoms with Gasteiger partial charge in [0.2, 0.25) is 0 Å². The summed E-state index contributed by atoms with van der Waals surface area (Å²) < 4.78 is 9.08. The molecule has 0 aliphatic rings. The van der Waals surface area contributed by atoms with E-state index in [1.807, 2.05) is 0 Å². The van der Waals surface area contributed by atoms with Crippen LogP contribution in [0, 0.1) is 0 Å². The molecule has 4 heteroatoms. The Morgan fingerprint density at radius 1 is 1.42 bits per heavy atom. The summed E-state index contributed by atoms with van der Waals surface area (Å²) in [5.41, 5.74) is 0.132. The number of esters is 2. The van der Waals surface area contributed by atoms with Crippen molar-refractivity contribution in [1.29, 1.82) is 0 Å². The Kier molecular flexibility index (Phi) is 4.04. The molecule has 0 aromatic rings. The summed E-state index contributed by atoms with van der Waals surface area (Å²) in [6, 6.07) is 0. The minimum Gasteiger partial charge on any atom is -0.466 e. The van der Waals surface area contributed by atoms with E-state index in [9.17, 15) is 9.59 Å². The highest BCUT2D eigenvalue weighted by Crippen LogP contribution is 2.05. The SMILES string of the molecule is C=C(C(=O)OC)[C@@H](C)OC(C)=O. The zero-order chi connectivity index (χ0) is 9.72. The van der Waals surface area contributed by atoms with Crippen molar-refractivity contribution in [3.05, 3.63) is 12.2 Å². The standard InChI is InChI=1S/C8H12O4/c1-5(8(10)11-4)6(2)12-7(3)9/h6H,1H2,2-4H3/t6-/m1/s1. The van der Waals surface area contributed by atoms with Crippen LogP contribution in [0.1, 0.15) is 13.8 Å². The third-order valence-electron chi connectivity index (χ3n) is 1.28. The van der Waals surface area contributed by atoms with Gasteiger partial charge in [0.25, 0.3) is 0 Å². The first-order chi connectivity index (χ1) is 5.49. The lowest BCUT2D eigenvalue weighted by molar-refractivity contribution is -0.146. The van der Waals surface area contributed by atoms with E-state index in [2.05, 4.69) is 11.3 Å². The second kappa shape index (κ2) is 4.54. The molecule has 0 aromatic carbocycles. The largest absolute Gasteiger partial charge is 0.466 e. The van der Waals surface area contributed by atoms with Crippen LogP contribution < -0.4 is 0 Å². The molecule has 68 valence electrons. The van der Waals surface area contributed by atoms with Crippen LogP contribution in [-0.4, -0.2) is 25.2 Å². The van der Waals surface area contributed by atoms with Crippen LogP contribution in [-0.2, 0) is 19.1 Å². The lowest BCUT2D eigenvalue weighted by Crippen LogP contribution is -2.20. The molecule has 0 N–H and O–H groups in total. The Morgan fingerprint density at radius 3 is 2.25 bits per heavy atom. The van der Waals surface area contributed by atoms with Gasteiger partial charge in [-0.15, -0.1) is 0 Å². The third kappa shape index (κ3) is 3.18. The van der Waals surface area contributed by atoms with E-state index in [-0.39, 0.29) is 5.57 Å². The van der Waals surface area contributed by atoms with E-state index in [1.54, 1.807) is 6.92 Å². The first-order valence-electron chi connectivity index (χ1n) is 3.43. The second-order valence-electron chi connectivity index (χ2n) is 2.27. The molecular formula is C8H12O4. The molecule has 0 fully saturated rings. The zero-order valence-electron chi connectivity index (χ0n) is 7.42. The Morgan fingerprint density at radius 2 is 1.92 bits per heavy atom. The first kappa shape index (κ1) is 10.7. The van der Waals surface area contributed by atoms with Gasteiger partial charge in [-0.3, -0.25) is 4.79 Å². The van der Waals surface area contributed by atoms with Crippen molar-refractivity contribution in [2.75, 3.05) is 7.11 Å². The number of carbonyl (C=O) groups is 2. The van der Waals surface area contributed by atoms with E-state index < -0.39 is 18.0 Å². The van der Waals surface area contributed by atoms with Crippen LogP contribution in [0.4, 0.5) is 0 Å². The van der Waals surface area contributed by atoms with E-state index in [1.165, 1.54) is 14.0 Å². The van der Waals surface area contributed by atoms with Crippen molar-refractivity contribution in [1.82, 2.24) is 0 Å². The summed E-state index contributed by atoms with van der Waals surface area (Å²) in [4.78, 5) is 21.3. The summed E-state index contributed by atoms with van der Waals surface area (Å²) in [6.45, 7) is 6.25. The van der Waals surface area contributed by atoms with Crippen molar-refractivity contribution in [2.45, 2.75) is 20.0 Å². The van der Waals surface area contributed by atoms with Gasteiger partial charge in [-0.25, -0.2) is 4.79 Å². The molecule has 0 saturated carbocycles. The molecule has 4 nitrogen and oxygen atoms in total. The minimum atomic E-state index is -0.630. The molecule has 0 rings (SSSR count). The molecule has 0 amide bonds. The molecule has 0 heterocycles. The molecule has 1 atom stereocenters. The zero-order valence-corrected chi connectivity index (χ0v) is 7.42. The number of ether oxygens (including phenoxy) is 2. The van der Waals surface area contributed by atoms with Gasteiger partial charge >= 0.3 is 11.9 Å². The summed E-state index contributed by atoms with van der Waals surface area (Å²) >= 11 is 0. The van der Waals surface area contributed by atoms with Crippen LogP contribution in [0.2, 0.25) is 0 Å². The fourth-order valence-electron chi connectivity index (χ4n) is 0.617. The Labute approximate surface area is 71.2 Å². The highest BCUT2D eigenvalue weighted by Gasteiger charge is 2.16. The summed E-state index contributed by atoms with van der Waals surface area (Å²) in [7, 11) is 1.24. The van der Waals surface area contributed by atoms with Crippen LogP contribution in [0.3, 0.4) is 0 Å². The molecule has 12 heavy (non-hydrogen) atoms. The van der Waals surface area contributed by atoms with Crippen LogP contribution in [0.25, 0.3) is 0 Å². The number of hydrogen-bond acceptors (Lipinski definition) is 4. The second-order valence-corrected chi connectivity index (χ2v) is 2.27. The Balaban J connectivity index is 4.10. The Bertz CT molecular complexity index is 207. The van der Waals surface area contributed by atoms with Gasteiger partial charge in [0.1, 0.15) is 6.10 Å². The molecule has 0 spiro atoms. The lowest BCUT2D eigenvalue weighted by atomic mass is 10.2. The van der Waals surface area contributed by atoms with Gasteiger partial charge < -0.3 is 9.47 Å². The quantitative estimate of drug-likeness (QED) is 0.463. The topological polar surface area (TPSA) is 52.6 Å². The van der Waals surface area contributed by atoms with Crippen molar-refractivity contribution < 1.29 is 19.1 Å². The first-order valence-corrected chi connectivity index (χ1v) is 3.43. The van der Waals surface area contributed by atoms with Gasteiger partial charge in [0.15, 0.2) is 0 Å². The monoisotopic (exact) mass is 172 g/mol. The van der Waals surface area contributed by atoms with E-state index in [0.29, 0.717) is 0 Å². The number of hydrogen-bond donors (Lipinski definition) is 0. The van der Waals surface area contributed by atoms with Gasteiger partial charge in [0, 0.05) is 6.92 Å². The van der Waals surface area contributed by atoms with Crippen molar-refractivity contribution in [3.8, 4) is 0 Å². The van der Waals surface area contributed by atoms with Crippen LogP contribution in [0.15, 0.2) is 12.2 Å². The molecule has 0 aliphatic heterocycles. The molecule has 0 unspecified atom stereocenters. The minimum absolute atomic E-state index is 0.132. The van der Waals surface area contributed by atoms with Crippen molar-refractivity contribution in [2.24, 2.45) is 0 Å². The number of methoxy groups -OCH3 is 1. The maximum absolute atomic E-state index is 10.8. The van der Waals surface area contributed by atoms with E-state index in [0.717, 1.165) is 0 Å². The molecule has 0 aliphatic carbocycles. The normalized spacial score (nSPS) is 11.6. The summed E-state index contributed by atoms with van der Waals surface area (Å²) in [5.74, 6) is -1.02. The summed E-state index contributed by atoms with van der Waals surface area (Å²) in [6.07, 6.45) is -0.630. The van der Waals surface area contributed by atoms with Crippen LogP contribution >= 0.6 is 0 Å². The van der Waals surface area contributed by atoms with Crippen molar-refractivity contribution >= 4 is 11.9 Å². The maximum atomic E-state index is 10.8. The van der Waals surface area contributed by atoms with Gasteiger partial charge in [-0.05, 0) is 6.92 Å². The number of carbonyl (C=O) groups excluding carboxylic acids is 2. The molecule has 0 aromatic heterocycles. The highest BCUT2D eigenvalue weighted by atomic mass is 16.6. The molecule has 0 radical (unpaired) electrons. The average molecular weight is 172 g/mol. The summed E-state index contributed by atoms with van der Waals surface area (Å²) in [5, 5.41) is 0. The highest BCUT2D eigenvalue weighted by molar-refractivity contribution is 5.89. The predicted molar refractivity (Wildman–Crippen MR) is 42.4 cm³/mol. The van der Waals surface area contributed by atoms with Gasteiger partial charge in [-0.2, -0.15) is 0 Å². The lowest BCUT2D eigenvalue weighted by Gasteiger charge is -2.12. The van der Waals surface area contributed by atoms with E-state index in [4.69, 9.17) is 4.74 Å². The predicted octanol–water partition coefficient (Wildman–Crippen LogP) is 0.667. The van der Waals surface area contributed by atoms with Crippen LogP contribution in [0.5, 0.6) is 0 Å². The fourth-order valence-corrected chi connectivity index (χ4v) is 0.617.